The summed E-state index contributed by atoms with van der Waals surface area (Å²) in [6.07, 6.45) is 1.77. The summed E-state index contributed by atoms with van der Waals surface area (Å²) in [6.45, 7) is 4.95. The first-order valence-electron chi connectivity index (χ1n) is 8.32. The van der Waals surface area contributed by atoms with Crippen molar-refractivity contribution in [1.82, 2.24) is 15.6 Å². The van der Waals surface area contributed by atoms with Gasteiger partial charge in [0.2, 0.25) is 5.91 Å². The van der Waals surface area contributed by atoms with Crippen LogP contribution >= 0.6 is 0 Å². The van der Waals surface area contributed by atoms with Crippen molar-refractivity contribution in [1.29, 1.82) is 0 Å². The molecule has 0 saturated carbocycles. The van der Waals surface area contributed by atoms with Crippen LogP contribution in [0.4, 0.5) is 5.69 Å². The average Bonchev–Trinajstić information content (AvgIpc) is 2.63. The smallest absolute Gasteiger partial charge is 0.226 e. The van der Waals surface area contributed by atoms with Crippen molar-refractivity contribution in [2.45, 2.75) is 26.9 Å². The number of pyridine rings is 1. The van der Waals surface area contributed by atoms with Gasteiger partial charge in [0.05, 0.1) is 12.2 Å². The van der Waals surface area contributed by atoms with Crippen molar-refractivity contribution < 1.29 is 4.79 Å². The third-order valence-corrected chi connectivity index (χ3v) is 3.57. The molecule has 0 spiro atoms. The summed E-state index contributed by atoms with van der Waals surface area (Å²) in [5.74, 6) is 0.664. The molecule has 0 radical (unpaired) electrons. The normalized spacial score (nSPS) is 11.3. The van der Waals surface area contributed by atoms with Gasteiger partial charge in [0.25, 0.3) is 0 Å². The number of aromatic nitrogens is 1. The zero-order valence-electron chi connectivity index (χ0n) is 14.9. The number of hydrogen-bond donors (Lipinski definition) is 3. The van der Waals surface area contributed by atoms with Gasteiger partial charge in [-0.25, -0.2) is 0 Å². The third kappa shape index (κ3) is 6.25. The second-order valence-corrected chi connectivity index (χ2v) is 5.94. The average molecular weight is 339 g/mol. The molecule has 25 heavy (non-hydrogen) atoms. The summed E-state index contributed by atoms with van der Waals surface area (Å²) in [4.78, 5) is 20.3. The van der Waals surface area contributed by atoms with Gasteiger partial charge in [-0.05, 0) is 29.8 Å². The molecule has 6 nitrogen and oxygen atoms in total. The molecule has 1 aromatic carbocycles. The fraction of sp³-hybridized carbons (Fsp3) is 0.316. The van der Waals surface area contributed by atoms with Gasteiger partial charge in [-0.1, -0.05) is 32.0 Å². The van der Waals surface area contributed by atoms with Crippen molar-refractivity contribution in [3.8, 4) is 0 Å². The molecule has 0 aliphatic rings. The molecule has 132 valence electrons. The molecule has 0 saturated heterocycles. The molecule has 1 amide bonds. The maximum Gasteiger partial charge on any atom is 0.226 e. The highest BCUT2D eigenvalue weighted by molar-refractivity contribution is 5.92. The van der Waals surface area contributed by atoms with Crippen LogP contribution in [-0.4, -0.2) is 23.9 Å². The maximum absolute atomic E-state index is 11.8. The van der Waals surface area contributed by atoms with Crippen LogP contribution < -0.4 is 16.0 Å². The molecule has 2 aromatic rings. The molecule has 0 bridgehead atoms. The molecule has 0 unspecified atom stereocenters. The summed E-state index contributed by atoms with van der Waals surface area (Å²) < 4.78 is 0. The number of benzene rings is 1. The minimum atomic E-state index is -0.0450. The zero-order chi connectivity index (χ0) is 18.1. The topological polar surface area (TPSA) is 78.4 Å². The zero-order valence-corrected chi connectivity index (χ0v) is 14.9. The quantitative estimate of drug-likeness (QED) is 0.558. The summed E-state index contributed by atoms with van der Waals surface area (Å²) in [7, 11) is 1.73. The van der Waals surface area contributed by atoms with Gasteiger partial charge in [0, 0.05) is 31.4 Å². The second kappa shape index (κ2) is 9.42. The first kappa shape index (κ1) is 18.4. The largest absolute Gasteiger partial charge is 0.352 e. The van der Waals surface area contributed by atoms with Crippen molar-refractivity contribution in [3.63, 3.8) is 0 Å². The van der Waals surface area contributed by atoms with Gasteiger partial charge in [-0.2, -0.15) is 0 Å². The standard InChI is InChI=1S/C19H25N5O/c1-14(2)18(25)24-16-9-6-7-15(11-16)12-22-19(20-3)23-13-17-8-4-5-10-21-17/h4-11,14H,12-13H2,1-3H3,(H,24,25)(H2,20,22,23). The predicted octanol–water partition coefficient (Wildman–Crippen LogP) is 2.54. The van der Waals surface area contributed by atoms with Crippen LogP contribution in [0.3, 0.4) is 0 Å². The Morgan fingerprint density at radius 3 is 2.60 bits per heavy atom. The second-order valence-electron chi connectivity index (χ2n) is 5.94. The highest BCUT2D eigenvalue weighted by Gasteiger charge is 2.07. The molecular formula is C19H25N5O. The van der Waals surface area contributed by atoms with E-state index < -0.39 is 0 Å². The van der Waals surface area contributed by atoms with E-state index in [-0.39, 0.29) is 11.8 Å². The Balaban J connectivity index is 1.87. The van der Waals surface area contributed by atoms with Gasteiger partial charge in [-0.15, -0.1) is 0 Å². The molecule has 0 aliphatic carbocycles. The van der Waals surface area contributed by atoms with E-state index in [4.69, 9.17) is 0 Å². The fourth-order valence-corrected chi connectivity index (χ4v) is 2.13. The lowest BCUT2D eigenvalue weighted by Crippen LogP contribution is -2.36. The van der Waals surface area contributed by atoms with Gasteiger partial charge in [0.15, 0.2) is 5.96 Å². The van der Waals surface area contributed by atoms with Crippen molar-refractivity contribution in [2.75, 3.05) is 12.4 Å². The van der Waals surface area contributed by atoms with Crippen molar-refractivity contribution >= 4 is 17.6 Å². The monoisotopic (exact) mass is 339 g/mol. The highest BCUT2D eigenvalue weighted by Crippen LogP contribution is 2.11. The van der Waals surface area contributed by atoms with Crippen LogP contribution in [0.1, 0.15) is 25.1 Å². The lowest BCUT2D eigenvalue weighted by Gasteiger charge is -2.13. The van der Waals surface area contributed by atoms with Gasteiger partial charge >= 0.3 is 0 Å². The number of rotatable bonds is 6. The van der Waals surface area contributed by atoms with Crippen LogP contribution in [0, 0.1) is 5.92 Å². The first-order valence-corrected chi connectivity index (χ1v) is 8.32. The summed E-state index contributed by atoms with van der Waals surface area (Å²) in [6, 6.07) is 13.6. The minimum Gasteiger partial charge on any atom is -0.352 e. The van der Waals surface area contributed by atoms with Crippen LogP contribution in [0.25, 0.3) is 0 Å². The van der Waals surface area contributed by atoms with E-state index in [0.29, 0.717) is 19.0 Å². The SMILES string of the molecule is CN=C(NCc1cccc(NC(=O)C(C)C)c1)NCc1ccccn1. The van der Waals surface area contributed by atoms with E-state index in [1.165, 1.54) is 0 Å². The van der Waals surface area contributed by atoms with Crippen molar-refractivity contribution in [2.24, 2.45) is 10.9 Å². The molecule has 0 fully saturated rings. The number of amides is 1. The first-order chi connectivity index (χ1) is 12.1. The lowest BCUT2D eigenvalue weighted by atomic mass is 10.1. The minimum absolute atomic E-state index is 0.0120. The van der Waals surface area contributed by atoms with Crippen LogP contribution in [0.2, 0.25) is 0 Å². The molecule has 0 aliphatic heterocycles. The van der Waals surface area contributed by atoms with Crippen molar-refractivity contribution in [3.05, 3.63) is 59.9 Å². The Bertz CT molecular complexity index is 713. The molecule has 2 rings (SSSR count). The number of hydrogen-bond acceptors (Lipinski definition) is 3. The van der Waals surface area contributed by atoms with Gasteiger partial charge in [-0.3, -0.25) is 14.8 Å². The Hall–Kier alpha value is -2.89. The van der Waals surface area contributed by atoms with Gasteiger partial charge in [0.1, 0.15) is 0 Å². The Kier molecular flexibility index (Phi) is 6.95. The number of aliphatic imine (C=N–C) groups is 1. The van der Waals surface area contributed by atoms with E-state index >= 15 is 0 Å². The van der Waals surface area contributed by atoms with Crippen LogP contribution in [0.15, 0.2) is 53.7 Å². The number of nitrogens with one attached hydrogen (secondary N) is 3. The van der Waals surface area contributed by atoms with Crippen LogP contribution in [0.5, 0.6) is 0 Å². The van der Waals surface area contributed by atoms with E-state index in [2.05, 4.69) is 25.9 Å². The summed E-state index contributed by atoms with van der Waals surface area (Å²) >= 11 is 0. The van der Waals surface area contributed by atoms with E-state index in [1.54, 1.807) is 13.2 Å². The van der Waals surface area contributed by atoms with E-state index in [1.807, 2.05) is 56.3 Å². The summed E-state index contributed by atoms with van der Waals surface area (Å²) in [5.41, 5.74) is 2.81. The number of anilines is 1. The Morgan fingerprint density at radius 2 is 1.92 bits per heavy atom. The Labute approximate surface area is 148 Å². The number of carbonyl (C=O) groups is 1. The molecule has 6 heteroatoms. The molecule has 1 aromatic heterocycles. The maximum atomic E-state index is 11.8. The molecular weight excluding hydrogens is 314 g/mol. The van der Waals surface area contributed by atoms with E-state index in [0.717, 1.165) is 16.9 Å². The number of carbonyl (C=O) groups excluding carboxylic acids is 1. The highest BCUT2D eigenvalue weighted by atomic mass is 16.1. The molecule has 1 heterocycles. The Morgan fingerprint density at radius 1 is 1.12 bits per heavy atom. The molecule has 0 atom stereocenters. The lowest BCUT2D eigenvalue weighted by molar-refractivity contribution is -0.118. The molecule has 3 N–H and O–H groups in total. The predicted molar refractivity (Wildman–Crippen MR) is 101 cm³/mol. The van der Waals surface area contributed by atoms with Gasteiger partial charge < -0.3 is 16.0 Å². The number of guanidine groups is 1. The van der Waals surface area contributed by atoms with Crippen LogP contribution in [-0.2, 0) is 17.9 Å². The fourth-order valence-electron chi connectivity index (χ4n) is 2.13. The third-order valence-electron chi connectivity index (χ3n) is 3.57. The van der Waals surface area contributed by atoms with E-state index in [9.17, 15) is 4.79 Å². The number of nitrogens with zero attached hydrogens (tertiary/aromatic N) is 2. The summed E-state index contributed by atoms with van der Waals surface area (Å²) in [5, 5.41) is 9.39.